The van der Waals surface area contributed by atoms with E-state index >= 15 is 0 Å². The largest absolute Gasteiger partial charge is 0.310 e. The van der Waals surface area contributed by atoms with Gasteiger partial charge in [0.15, 0.2) is 0 Å². The normalized spacial score (nSPS) is 14.9. The van der Waals surface area contributed by atoms with E-state index in [9.17, 15) is 0 Å². The Balaban J connectivity index is 2.74. The number of thiophene rings is 1. The van der Waals surface area contributed by atoms with Gasteiger partial charge in [-0.15, -0.1) is 11.3 Å². The molecule has 2 unspecified atom stereocenters. The molecule has 1 heterocycles. The predicted octanol–water partition coefficient (Wildman–Crippen LogP) is 5.53. The molecule has 0 bridgehead atoms. The lowest BCUT2D eigenvalue weighted by Crippen LogP contribution is -2.22. The molecule has 0 aromatic carbocycles. The van der Waals surface area contributed by atoms with Crippen LogP contribution in [0.25, 0.3) is 0 Å². The first kappa shape index (κ1) is 15.3. The molecule has 1 aromatic heterocycles. The van der Waals surface area contributed by atoms with Crippen LogP contribution in [0.2, 0.25) is 8.67 Å². The van der Waals surface area contributed by atoms with Crippen LogP contribution in [0.3, 0.4) is 0 Å². The Morgan fingerprint density at radius 1 is 1.35 bits per heavy atom. The summed E-state index contributed by atoms with van der Waals surface area (Å²) in [6, 6.07) is 2.33. The lowest BCUT2D eigenvalue weighted by atomic mass is 9.94. The molecule has 1 aromatic rings. The molecule has 17 heavy (non-hydrogen) atoms. The Morgan fingerprint density at radius 2 is 2.06 bits per heavy atom. The number of nitrogens with one attached hydrogen (secondary N) is 1. The maximum absolute atomic E-state index is 6.23. The van der Waals surface area contributed by atoms with Crippen LogP contribution < -0.4 is 5.32 Å². The Morgan fingerprint density at radius 3 is 2.53 bits per heavy atom. The van der Waals surface area contributed by atoms with Crippen molar-refractivity contribution in [1.29, 1.82) is 0 Å². The Bertz CT molecular complexity index is 338. The van der Waals surface area contributed by atoms with Gasteiger partial charge in [0.2, 0.25) is 0 Å². The molecule has 1 N–H and O–H groups in total. The van der Waals surface area contributed by atoms with Gasteiger partial charge in [0, 0.05) is 11.6 Å². The van der Waals surface area contributed by atoms with Gasteiger partial charge in [-0.2, -0.15) is 0 Å². The highest BCUT2D eigenvalue weighted by molar-refractivity contribution is 7.20. The van der Waals surface area contributed by atoms with Crippen LogP contribution in [-0.2, 0) is 0 Å². The van der Waals surface area contributed by atoms with Gasteiger partial charge < -0.3 is 5.32 Å². The van der Waals surface area contributed by atoms with Gasteiger partial charge in [0.05, 0.1) is 8.67 Å². The van der Waals surface area contributed by atoms with Crippen molar-refractivity contribution in [2.24, 2.45) is 5.92 Å². The first-order valence-electron chi connectivity index (χ1n) is 6.26. The quantitative estimate of drug-likeness (QED) is 0.697. The zero-order valence-electron chi connectivity index (χ0n) is 10.7. The van der Waals surface area contributed by atoms with E-state index in [4.69, 9.17) is 23.2 Å². The lowest BCUT2D eigenvalue weighted by Gasteiger charge is -2.21. The van der Waals surface area contributed by atoms with Crippen LogP contribution in [0.4, 0.5) is 0 Å². The third-order valence-corrected chi connectivity index (χ3v) is 4.45. The zero-order chi connectivity index (χ0) is 12.8. The summed E-state index contributed by atoms with van der Waals surface area (Å²) in [6.45, 7) is 7.61. The summed E-state index contributed by atoms with van der Waals surface area (Å²) in [6.07, 6.45) is 3.62. The maximum atomic E-state index is 6.23. The first-order valence-corrected chi connectivity index (χ1v) is 7.83. The van der Waals surface area contributed by atoms with E-state index in [-0.39, 0.29) is 0 Å². The van der Waals surface area contributed by atoms with Gasteiger partial charge in [-0.3, -0.25) is 0 Å². The molecule has 1 nitrogen and oxygen atoms in total. The minimum atomic E-state index is 0.331. The van der Waals surface area contributed by atoms with Crippen molar-refractivity contribution in [2.75, 3.05) is 6.54 Å². The summed E-state index contributed by atoms with van der Waals surface area (Å²) < 4.78 is 1.60. The first-order chi connectivity index (χ1) is 8.08. The monoisotopic (exact) mass is 293 g/mol. The standard InChI is InChI=1S/C13H21Cl2NS/c1-4-6-9(3)7-11(16-5-2)10-8-12(14)17-13(10)15/h8-9,11,16H,4-7H2,1-3H3. The molecule has 0 spiro atoms. The Labute approximate surface area is 119 Å². The second kappa shape index (κ2) is 7.63. The number of hydrogen-bond donors (Lipinski definition) is 1. The number of hydrogen-bond acceptors (Lipinski definition) is 2. The molecule has 4 heteroatoms. The van der Waals surface area contributed by atoms with E-state index in [0.717, 1.165) is 27.2 Å². The molecule has 0 amide bonds. The molecule has 0 aliphatic heterocycles. The highest BCUT2D eigenvalue weighted by Crippen LogP contribution is 2.37. The molecule has 0 fully saturated rings. The minimum Gasteiger partial charge on any atom is -0.310 e. The molecular weight excluding hydrogens is 273 g/mol. The van der Waals surface area contributed by atoms with Crippen LogP contribution in [0.15, 0.2) is 6.07 Å². The van der Waals surface area contributed by atoms with Crippen molar-refractivity contribution in [3.8, 4) is 0 Å². The molecule has 0 aliphatic rings. The van der Waals surface area contributed by atoms with Gasteiger partial charge in [-0.05, 0) is 24.9 Å². The van der Waals surface area contributed by atoms with E-state index in [1.807, 2.05) is 6.07 Å². The molecule has 0 saturated heterocycles. The summed E-state index contributed by atoms with van der Waals surface area (Å²) in [4.78, 5) is 0. The summed E-state index contributed by atoms with van der Waals surface area (Å²) in [5.74, 6) is 0.707. The van der Waals surface area contributed by atoms with Gasteiger partial charge in [-0.1, -0.05) is 56.8 Å². The zero-order valence-corrected chi connectivity index (χ0v) is 13.1. The highest BCUT2D eigenvalue weighted by Gasteiger charge is 2.19. The van der Waals surface area contributed by atoms with Crippen LogP contribution in [0.1, 0.15) is 51.6 Å². The summed E-state index contributed by atoms with van der Waals surface area (Å²) in [7, 11) is 0. The fourth-order valence-corrected chi connectivity index (χ4v) is 3.75. The second-order valence-corrected chi connectivity index (χ2v) is 6.80. The van der Waals surface area contributed by atoms with Gasteiger partial charge >= 0.3 is 0 Å². The van der Waals surface area contributed by atoms with E-state index in [1.54, 1.807) is 0 Å². The van der Waals surface area contributed by atoms with Crippen LogP contribution >= 0.6 is 34.5 Å². The van der Waals surface area contributed by atoms with Gasteiger partial charge in [0.1, 0.15) is 0 Å². The molecule has 2 atom stereocenters. The topological polar surface area (TPSA) is 12.0 Å². The molecule has 1 rings (SSSR count). The lowest BCUT2D eigenvalue weighted by molar-refractivity contribution is 0.396. The van der Waals surface area contributed by atoms with Crippen LogP contribution in [-0.4, -0.2) is 6.54 Å². The fourth-order valence-electron chi connectivity index (χ4n) is 2.17. The minimum absolute atomic E-state index is 0.331. The Kier molecular flexibility index (Phi) is 6.86. The van der Waals surface area contributed by atoms with E-state index in [0.29, 0.717) is 12.0 Å². The van der Waals surface area contributed by atoms with E-state index in [1.165, 1.54) is 24.2 Å². The average molecular weight is 294 g/mol. The van der Waals surface area contributed by atoms with Gasteiger partial charge in [-0.25, -0.2) is 0 Å². The summed E-state index contributed by atoms with van der Waals surface area (Å²) in [5, 5.41) is 3.51. The second-order valence-electron chi connectivity index (χ2n) is 4.52. The van der Waals surface area contributed by atoms with Crippen molar-refractivity contribution in [1.82, 2.24) is 5.32 Å². The van der Waals surface area contributed by atoms with Crippen LogP contribution in [0, 0.1) is 5.92 Å². The third kappa shape index (κ3) is 4.78. The fraction of sp³-hybridized carbons (Fsp3) is 0.692. The maximum Gasteiger partial charge on any atom is 0.0991 e. The smallest absolute Gasteiger partial charge is 0.0991 e. The van der Waals surface area contributed by atoms with Crippen molar-refractivity contribution >= 4 is 34.5 Å². The third-order valence-electron chi connectivity index (χ3n) is 2.93. The molecule has 0 radical (unpaired) electrons. The average Bonchev–Trinajstić information content (AvgIpc) is 2.57. The molecule has 98 valence electrons. The van der Waals surface area contributed by atoms with Crippen molar-refractivity contribution in [3.05, 3.63) is 20.3 Å². The molecule has 0 aliphatic carbocycles. The Hall–Kier alpha value is 0.240. The SMILES string of the molecule is CCCC(C)CC(NCC)c1cc(Cl)sc1Cl. The van der Waals surface area contributed by atoms with Crippen LogP contribution in [0.5, 0.6) is 0 Å². The highest BCUT2D eigenvalue weighted by atomic mass is 35.5. The summed E-state index contributed by atoms with van der Waals surface area (Å²) >= 11 is 13.7. The van der Waals surface area contributed by atoms with Crippen molar-refractivity contribution in [2.45, 2.75) is 46.1 Å². The number of halogens is 2. The summed E-state index contributed by atoms with van der Waals surface area (Å²) in [5.41, 5.74) is 1.16. The van der Waals surface area contributed by atoms with E-state index in [2.05, 4.69) is 26.1 Å². The number of rotatable bonds is 7. The van der Waals surface area contributed by atoms with Crippen molar-refractivity contribution in [3.63, 3.8) is 0 Å². The molecule has 0 saturated carbocycles. The molecular formula is C13H21Cl2NS. The predicted molar refractivity (Wildman–Crippen MR) is 79.4 cm³/mol. The van der Waals surface area contributed by atoms with Gasteiger partial charge in [0.25, 0.3) is 0 Å². The van der Waals surface area contributed by atoms with Crippen molar-refractivity contribution < 1.29 is 0 Å². The van der Waals surface area contributed by atoms with E-state index < -0.39 is 0 Å².